The van der Waals surface area contributed by atoms with E-state index in [1.54, 1.807) is 13.0 Å². The van der Waals surface area contributed by atoms with Crippen LogP contribution in [-0.4, -0.2) is 12.6 Å². The lowest BCUT2D eigenvalue weighted by Gasteiger charge is -2.15. The Labute approximate surface area is 152 Å². The molecule has 4 heteroatoms. The Bertz CT molecular complexity index is 1030. The zero-order chi connectivity index (χ0) is 18.8. The van der Waals surface area contributed by atoms with Gasteiger partial charge in [-0.1, -0.05) is 44.2 Å². The first-order chi connectivity index (χ1) is 12.4. The van der Waals surface area contributed by atoms with Gasteiger partial charge in [-0.25, -0.2) is 9.59 Å². The number of benzene rings is 2. The Kier molecular flexibility index (Phi) is 4.94. The number of rotatable bonds is 4. The summed E-state index contributed by atoms with van der Waals surface area (Å²) in [6.07, 6.45) is 0. The maximum atomic E-state index is 12.6. The summed E-state index contributed by atoms with van der Waals surface area (Å²) >= 11 is 0. The van der Waals surface area contributed by atoms with Gasteiger partial charge in [-0.15, -0.1) is 0 Å². The van der Waals surface area contributed by atoms with E-state index in [0.29, 0.717) is 17.1 Å². The number of carbonyl (C=O) groups is 1. The normalized spacial score (nSPS) is 11.1. The van der Waals surface area contributed by atoms with Crippen molar-refractivity contribution in [2.24, 2.45) is 0 Å². The second-order valence-corrected chi connectivity index (χ2v) is 6.59. The van der Waals surface area contributed by atoms with E-state index in [1.165, 1.54) is 0 Å². The summed E-state index contributed by atoms with van der Waals surface area (Å²) in [5, 5.41) is 0.744. The van der Waals surface area contributed by atoms with E-state index in [0.717, 1.165) is 22.1 Å². The van der Waals surface area contributed by atoms with Crippen LogP contribution in [0.15, 0.2) is 51.7 Å². The van der Waals surface area contributed by atoms with Crippen molar-refractivity contribution in [3.05, 3.63) is 69.6 Å². The molecule has 1 aromatic heterocycles. The van der Waals surface area contributed by atoms with Crippen LogP contribution in [0.2, 0.25) is 0 Å². The summed E-state index contributed by atoms with van der Waals surface area (Å²) < 4.78 is 10.6. The monoisotopic (exact) mass is 350 g/mol. The Morgan fingerprint density at radius 2 is 1.88 bits per heavy atom. The van der Waals surface area contributed by atoms with Crippen molar-refractivity contribution in [3.8, 4) is 11.1 Å². The predicted molar refractivity (Wildman–Crippen MR) is 103 cm³/mol. The van der Waals surface area contributed by atoms with E-state index >= 15 is 0 Å². The van der Waals surface area contributed by atoms with Gasteiger partial charge in [0.2, 0.25) is 0 Å². The highest BCUT2D eigenvalue weighted by Gasteiger charge is 2.24. The van der Waals surface area contributed by atoms with Gasteiger partial charge in [0, 0.05) is 10.9 Å². The maximum absolute atomic E-state index is 12.6. The highest BCUT2D eigenvalue weighted by atomic mass is 16.5. The fourth-order valence-electron chi connectivity index (χ4n) is 3.10. The third kappa shape index (κ3) is 3.15. The molecule has 0 radical (unpaired) electrons. The second kappa shape index (κ2) is 7.16. The first-order valence-corrected chi connectivity index (χ1v) is 8.78. The second-order valence-electron chi connectivity index (χ2n) is 6.59. The van der Waals surface area contributed by atoms with Crippen LogP contribution in [0.4, 0.5) is 0 Å². The standard InChI is InChI=1S/C22H22O4/c1-5-25-21(23)20-19(16-9-7-6-8-14(16)4)17-12-15(13(2)3)10-11-18(17)26-22(20)24/h6-13H,5H2,1-4H3. The van der Waals surface area contributed by atoms with Gasteiger partial charge in [0.25, 0.3) is 0 Å². The summed E-state index contributed by atoms with van der Waals surface area (Å²) in [5.41, 5.74) is 3.23. The van der Waals surface area contributed by atoms with Crippen molar-refractivity contribution in [1.29, 1.82) is 0 Å². The molecular formula is C22H22O4. The van der Waals surface area contributed by atoms with E-state index in [2.05, 4.69) is 13.8 Å². The maximum Gasteiger partial charge on any atom is 0.351 e. The van der Waals surface area contributed by atoms with Gasteiger partial charge < -0.3 is 9.15 Å². The molecule has 4 nitrogen and oxygen atoms in total. The zero-order valence-electron chi connectivity index (χ0n) is 15.5. The zero-order valence-corrected chi connectivity index (χ0v) is 15.5. The summed E-state index contributed by atoms with van der Waals surface area (Å²) in [7, 11) is 0. The van der Waals surface area contributed by atoms with Crippen LogP contribution in [0, 0.1) is 6.92 Å². The molecule has 0 spiro atoms. The van der Waals surface area contributed by atoms with Gasteiger partial charge in [0.05, 0.1) is 6.61 Å². The lowest BCUT2D eigenvalue weighted by Crippen LogP contribution is -2.19. The van der Waals surface area contributed by atoms with Crippen LogP contribution < -0.4 is 5.63 Å². The smallest absolute Gasteiger partial charge is 0.351 e. The lowest BCUT2D eigenvalue weighted by atomic mass is 9.91. The number of hydrogen-bond donors (Lipinski definition) is 0. The fraction of sp³-hybridized carbons (Fsp3) is 0.273. The molecule has 0 aliphatic rings. The van der Waals surface area contributed by atoms with E-state index < -0.39 is 11.6 Å². The molecule has 1 heterocycles. The fourth-order valence-corrected chi connectivity index (χ4v) is 3.10. The van der Waals surface area contributed by atoms with Gasteiger partial charge in [-0.05, 0) is 48.6 Å². The number of carbonyl (C=O) groups excluding carboxylic acids is 1. The lowest BCUT2D eigenvalue weighted by molar-refractivity contribution is 0.0523. The molecule has 26 heavy (non-hydrogen) atoms. The van der Waals surface area contributed by atoms with Crippen LogP contribution in [0.3, 0.4) is 0 Å². The molecule has 134 valence electrons. The van der Waals surface area contributed by atoms with Gasteiger partial charge in [-0.3, -0.25) is 0 Å². The van der Waals surface area contributed by atoms with Gasteiger partial charge in [-0.2, -0.15) is 0 Å². The average Bonchev–Trinajstić information content (AvgIpc) is 2.61. The molecule has 0 saturated heterocycles. The van der Waals surface area contributed by atoms with E-state index in [-0.39, 0.29) is 12.2 Å². The minimum Gasteiger partial charge on any atom is -0.462 e. The van der Waals surface area contributed by atoms with Crippen LogP contribution in [0.25, 0.3) is 22.1 Å². The van der Waals surface area contributed by atoms with E-state index in [1.807, 2.05) is 43.3 Å². The van der Waals surface area contributed by atoms with Crippen molar-refractivity contribution >= 4 is 16.9 Å². The molecule has 3 aromatic rings. The van der Waals surface area contributed by atoms with Crippen LogP contribution in [0.1, 0.15) is 48.2 Å². The molecule has 0 aliphatic carbocycles. The number of hydrogen-bond acceptors (Lipinski definition) is 4. The number of ether oxygens (including phenoxy) is 1. The number of esters is 1. The van der Waals surface area contributed by atoms with Crippen molar-refractivity contribution in [2.45, 2.75) is 33.6 Å². The van der Waals surface area contributed by atoms with Crippen molar-refractivity contribution in [2.75, 3.05) is 6.61 Å². The average molecular weight is 350 g/mol. The van der Waals surface area contributed by atoms with Gasteiger partial charge >= 0.3 is 11.6 Å². The van der Waals surface area contributed by atoms with Crippen LogP contribution >= 0.6 is 0 Å². The summed E-state index contributed by atoms with van der Waals surface area (Å²) in [6.45, 7) is 8.05. The molecule has 0 unspecified atom stereocenters. The Morgan fingerprint density at radius 1 is 1.15 bits per heavy atom. The van der Waals surface area contributed by atoms with Crippen LogP contribution in [0.5, 0.6) is 0 Å². The molecule has 0 aliphatic heterocycles. The van der Waals surface area contributed by atoms with Crippen molar-refractivity contribution < 1.29 is 13.9 Å². The Morgan fingerprint density at radius 3 is 2.54 bits per heavy atom. The third-order valence-corrected chi connectivity index (χ3v) is 4.49. The van der Waals surface area contributed by atoms with Gasteiger partial charge in [0.1, 0.15) is 5.58 Å². The molecule has 0 bridgehead atoms. The Hall–Kier alpha value is -2.88. The minimum atomic E-state index is -0.675. The van der Waals surface area contributed by atoms with E-state index in [9.17, 15) is 9.59 Å². The molecule has 0 N–H and O–H groups in total. The van der Waals surface area contributed by atoms with E-state index in [4.69, 9.17) is 9.15 Å². The largest absolute Gasteiger partial charge is 0.462 e. The minimum absolute atomic E-state index is 0.0467. The molecule has 3 rings (SSSR count). The summed E-state index contributed by atoms with van der Waals surface area (Å²) in [5.74, 6) is -0.349. The van der Waals surface area contributed by atoms with Crippen molar-refractivity contribution in [3.63, 3.8) is 0 Å². The van der Waals surface area contributed by atoms with Crippen molar-refractivity contribution in [1.82, 2.24) is 0 Å². The number of aryl methyl sites for hydroxylation is 1. The highest BCUT2D eigenvalue weighted by Crippen LogP contribution is 2.34. The van der Waals surface area contributed by atoms with Gasteiger partial charge in [0.15, 0.2) is 5.56 Å². The molecule has 0 amide bonds. The molecular weight excluding hydrogens is 328 g/mol. The SMILES string of the molecule is CCOC(=O)c1c(-c2ccccc2C)c2cc(C(C)C)ccc2oc1=O. The highest BCUT2D eigenvalue weighted by molar-refractivity contribution is 6.06. The topological polar surface area (TPSA) is 56.5 Å². The first kappa shape index (κ1) is 17.9. The molecule has 0 atom stereocenters. The predicted octanol–water partition coefficient (Wildman–Crippen LogP) is 5.07. The quantitative estimate of drug-likeness (QED) is 0.487. The first-order valence-electron chi connectivity index (χ1n) is 8.78. The molecule has 0 saturated carbocycles. The molecule has 0 fully saturated rings. The summed E-state index contributed by atoms with van der Waals surface area (Å²) in [6, 6.07) is 13.4. The third-order valence-electron chi connectivity index (χ3n) is 4.49. The van der Waals surface area contributed by atoms with Crippen LogP contribution in [-0.2, 0) is 4.74 Å². The Balaban J connectivity index is 2.47. The number of fused-ring (bicyclic) bond motifs is 1. The summed E-state index contributed by atoms with van der Waals surface area (Å²) in [4.78, 5) is 25.2. The molecule has 2 aromatic carbocycles.